The molecule has 0 spiro atoms. The summed E-state index contributed by atoms with van der Waals surface area (Å²) < 4.78 is 26.5. The molecule has 1 amide bonds. The van der Waals surface area contributed by atoms with E-state index in [4.69, 9.17) is 9.47 Å². The van der Waals surface area contributed by atoms with E-state index in [1.807, 2.05) is 12.1 Å². The molecule has 2 aromatic carbocycles. The normalized spacial score (nSPS) is 23.9. The molecule has 13 heteroatoms. The molecule has 0 saturated carbocycles. The third-order valence-electron chi connectivity index (χ3n) is 9.30. The Labute approximate surface area is 267 Å². The minimum absolute atomic E-state index is 0.0153. The molecule has 12 nitrogen and oxygen atoms in total. The first kappa shape index (κ1) is 30.3. The van der Waals surface area contributed by atoms with Crippen LogP contribution in [0.5, 0.6) is 5.75 Å². The van der Waals surface area contributed by atoms with Gasteiger partial charge in [-0.25, -0.2) is 14.4 Å². The monoisotopic (exact) mass is 627 g/mol. The largest absolute Gasteiger partial charge is 0.486 e. The van der Waals surface area contributed by atoms with Gasteiger partial charge in [0.05, 0.1) is 37.4 Å². The van der Waals surface area contributed by atoms with Crippen LogP contribution in [0.3, 0.4) is 0 Å². The number of benzene rings is 2. The lowest BCUT2D eigenvalue weighted by atomic mass is 10.0. The number of aromatic nitrogens is 3. The standard InChI is InChI=1S/C33H38FN9O3/c34-27-18-43(32(44)28-2-1-10-36-28)11-9-30(27)46-29-8-3-22(16-23(29)17-35)31-37-21-38-33(40-31)39-24-4-6-25(7-5-24)41-12-14-42(15-13-41)26-19-45-20-26/h3-8,16,21,26-28,30,36H,1-2,9-15,18-20H2,(H,37,38,39,40)/t27-,28-,30+/m1/s1. The predicted octanol–water partition coefficient (Wildman–Crippen LogP) is 2.74. The Morgan fingerprint density at radius 2 is 1.89 bits per heavy atom. The summed E-state index contributed by atoms with van der Waals surface area (Å²) >= 11 is 0. The molecular formula is C33H38FN9O3. The van der Waals surface area contributed by atoms with Crippen molar-refractivity contribution in [1.82, 2.24) is 30.1 Å². The number of carbonyl (C=O) groups excluding carboxylic acids is 1. The van der Waals surface area contributed by atoms with Gasteiger partial charge in [-0.1, -0.05) is 0 Å². The average molecular weight is 628 g/mol. The van der Waals surface area contributed by atoms with Gasteiger partial charge in [0.15, 0.2) is 12.0 Å². The van der Waals surface area contributed by atoms with Crippen LogP contribution >= 0.6 is 0 Å². The number of ether oxygens (including phenoxy) is 2. The van der Waals surface area contributed by atoms with Gasteiger partial charge in [-0.15, -0.1) is 0 Å². The van der Waals surface area contributed by atoms with E-state index in [1.54, 1.807) is 23.1 Å². The highest BCUT2D eigenvalue weighted by molar-refractivity contribution is 5.82. The smallest absolute Gasteiger partial charge is 0.239 e. The number of anilines is 3. The molecular weight excluding hydrogens is 589 g/mol. The molecule has 4 saturated heterocycles. The Balaban J connectivity index is 0.960. The summed E-state index contributed by atoms with van der Waals surface area (Å²) in [6.07, 6.45) is 1.41. The van der Waals surface area contributed by atoms with Crippen LogP contribution in [-0.4, -0.2) is 114 Å². The van der Waals surface area contributed by atoms with Gasteiger partial charge in [-0.2, -0.15) is 10.2 Å². The number of alkyl halides is 1. The highest BCUT2D eigenvalue weighted by Crippen LogP contribution is 2.29. The Morgan fingerprint density at radius 3 is 2.59 bits per heavy atom. The number of hydrogen-bond acceptors (Lipinski definition) is 11. The molecule has 4 aliphatic heterocycles. The van der Waals surface area contributed by atoms with Gasteiger partial charge >= 0.3 is 0 Å². The number of likely N-dealkylation sites (tertiary alicyclic amines) is 1. The fourth-order valence-corrected chi connectivity index (χ4v) is 6.51. The molecule has 3 atom stereocenters. The van der Waals surface area contributed by atoms with Crippen molar-refractivity contribution >= 4 is 23.2 Å². The Bertz CT molecular complexity index is 1570. The lowest BCUT2D eigenvalue weighted by Gasteiger charge is -2.43. The molecule has 1 aromatic heterocycles. The highest BCUT2D eigenvalue weighted by atomic mass is 19.1. The van der Waals surface area contributed by atoms with Crippen LogP contribution in [0, 0.1) is 11.3 Å². The van der Waals surface area contributed by atoms with E-state index in [9.17, 15) is 10.1 Å². The topological polar surface area (TPSA) is 132 Å². The molecule has 46 heavy (non-hydrogen) atoms. The molecule has 4 fully saturated rings. The number of halogens is 1. The van der Waals surface area contributed by atoms with E-state index in [0.29, 0.717) is 42.1 Å². The van der Waals surface area contributed by atoms with Crippen molar-refractivity contribution in [3.8, 4) is 23.2 Å². The number of piperidine rings is 1. The summed E-state index contributed by atoms with van der Waals surface area (Å²) in [5, 5.41) is 16.3. The summed E-state index contributed by atoms with van der Waals surface area (Å²) in [7, 11) is 0. The maximum absolute atomic E-state index is 15.1. The van der Waals surface area contributed by atoms with Crippen molar-refractivity contribution < 1.29 is 18.7 Å². The summed E-state index contributed by atoms with van der Waals surface area (Å²) in [5.41, 5.74) is 2.89. The van der Waals surface area contributed by atoms with Crippen LogP contribution in [-0.2, 0) is 9.53 Å². The number of piperazine rings is 1. The lowest BCUT2D eigenvalue weighted by molar-refractivity contribution is -0.137. The zero-order chi connectivity index (χ0) is 31.5. The fourth-order valence-electron chi connectivity index (χ4n) is 6.51. The van der Waals surface area contributed by atoms with E-state index < -0.39 is 12.3 Å². The SMILES string of the molecule is N#Cc1cc(-c2ncnc(Nc3ccc(N4CCN(C5COC5)CC4)cc3)n2)ccc1O[C@H]1CCN(C(=O)[C@H]2CCCN2)C[C@H]1F. The van der Waals surface area contributed by atoms with Crippen molar-refractivity contribution in [2.75, 3.05) is 69.2 Å². The molecule has 4 aliphatic rings. The van der Waals surface area contributed by atoms with Crippen molar-refractivity contribution in [1.29, 1.82) is 5.26 Å². The number of nitriles is 1. The number of hydrogen-bond donors (Lipinski definition) is 2. The average Bonchev–Trinajstić information content (AvgIpc) is 3.61. The van der Waals surface area contributed by atoms with Crippen LogP contribution in [0.15, 0.2) is 48.8 Å². The summed E-state index contributed by atoms with van der Waals surface area (Å²) in [6.45, 7) is 6.97. The van der Waals surface area contributed by atoms with Crippen LogP contribution in [0.4, 0.5) is 21.7 Å². The second-order valence-electron chi connectivity index (χ2n) is 12.2. The maximum atomic E-state index is 15.1. The third-order valence-corrected chi connectivity index (χ3v) is 9.30. The Morgan fingerprint density at radius 1 is 1.07 bits per heavy atom. The minimum atomic E-state index is -1.35. The first-order valence-corrected chi connectivity index (χ1v) is 16.0. The summed E-state index contributed by atoms with van der Waals surface area (Å²) in [4.78, 5) is 32.3. The van der Waals surface area contributed by atoms with Gasteiger partial charge in [0, 0.05) is 56.1 Å². The number of nitrogens with one attached hydrogen (secondary N) is 2. The van der Waals surface area contributed by atoms with Crippen molar-refractivity contribution in [3.63, 3.8) is 0 Å². The van der Waals surface area contributed by atoms with E-state index in [1.165, 1.54) is 12.0 Å². The van der Waals surface area contributed by atoms with E-state index in [2.05, 4.69) is 53.6 Å². The minimum Gasteiger partial charge on any atom is -0.486 e. The molecule has 0 radical (unpaired) electrons. The highest BCUT2D eigenvalue weighted by Gasteiger charge is 2.36. The lowest BCUT2D eigenvalue weighted by Crippen LogP contribution is -2.56. The van der Waals surface area contributed by atoms with Gasteiger partial charge in [0.25, 0.3) is 0 Å². The van der Waals surface area contributed by atoms with Crippen molar-refractivity contribution in [2.24, 2.45) is 0 Å². The second kappa shape index (κ2) is 13.5. The zero-order valence-corrected chi connectivity index (χ0v) is 25.6. The molecule has 0 bridgehead atoms. The number of nitrogens with zero attached hydrogens (tertiary/aromatic N) is 7. The van der Waals surface area contributed by atoms with Crippen molar-refractivity contribution in [3.05, 3.63) is 54.4 Å². The number of amides is 1. The van der Waals surface area contributed by atoms with Crippen LogP contribution in [0.25, 0.3) is 11.4 Å². The van der Waals surface area contributed by atoms with Crippen LogP contribution < -0.4 is 20.3 Å². The fraction of sp³-hybridized carbons (Fsp3) is 0.485. The van der Waals surface area contributed by atoms with Gasteiger partial charge < -0.3 is 29.9 Å². The van der Waals surface area contributed by atoms with Crippen LogP contribution in [0.1, 0.15) is 24.8 Å². The van der Waals surface area contributed by atoms with Gasteiger partial charge in [-0.05, 0) is 61.9 Å². The van der Waals surface area contributed by atoms with Gasteiger partial charge in [0.2, 0.25) is 11.9 Å². The molecule has 7 rings (SSSR count). The molecule has 0 unspecified atom stereocenters. The summed E-state index contributed by atoms with van der Waals surface area (Å²) in [5.74, 6) is 1.01. The van der Waals surface area contributed by atoms with Crippen LogP contribution in [0.2, 0.25) is 0 Å². The second-order valence-corrected chi connectivity index (χ2v) is 12.2. The molecule has 5 heterocycles. The molecule has 0 aliphatic carbocycles. The molecule has 240 valence electrons. The first-order chi connectivity index (χ1) is 22.5. The third kappa shape index (κ3) is 6.60. The summed E-state index contributed by atoms with van der Waals surface area (Å²) in [6, 6.07) is 15.8. The predicted molar refractivity (Wildman–Crippen MR) is 170 cm³/mol. The quantitative estimate of drug-likeness (QED) is 0.382. The Kier molecular flexibility index (Phi) is 8.91. The van der Waals surface area contributed by atoms with E-state index >= 15 is 4.39 Å². The molecule has 2 N–H and O–H groups in total. The zero-order valence-electron chi connectivity index (χ0n) is 25.6. The van der Waals surface area contributed by atoms with E-state index in [0.717, 1.165) is 64.5 Å². The first-order valence-electron chi connectivity index (χ1n) is 16.0. The molecule has 3 aromatic rings. The number of rotatable bonds is 8. The Hall–Kier alpha value is -4.38. The maximum Gasteiger partial charge on any atom is 0.239 e. The van der Waals surface area contributed by atoms with Crippen molar-refractivity contribution in [2.45, 2.75) is 43.6 Å². The van der Waals surface area contributed by atoms with Gasteiger partial charge in [-0.3, -0.25) is 9.69 Å². The van der Waals surface area contributed by atoms with Gasteiger partial charge in [0.1, 0.15) is 24.3 Å². The van der Waals surface area contributed by atoms with E-state index in [-0.39, 0.29) is 24.1 Å². The number of carbonyl (C=O) groups is 1.